The van der Waals surface area contributed by atoms with Crippen molar-refractivity contribution in [2.75, 3.05) is 13.1 Å². The molecule has 0 radical (unpaired) electrons. The second-order valence-electron chi connectivity index (χ2n) is 12.0. The fourth-order valence-electron chi connectivity index (χ4n) is 8.26. The second-order valence-corrected chi connectivity index (χ2v) is 12.0. The maximum atomic E-state index is 13.8. The van der Waals surface area contributed by atoms with E-state index in [1.165, 1.54) is 44.9 Å². The Morgan fingerprint density at radius 1 is 1.03 bits per heavy atom. The molecule has 34 heavy (non-hydrogen) atoms. The van der Waals surface area contributed by atoms with Gasteiger partial charge < -0.3 is 10.6 Å². The molecule has 2 saturated carbocycles. The minimum absolute atomic E-state index is 0.0666. The summed E-state index contributed by atoms with van der Waals surface area (Å²) in [6, 6.07) is 0. The first-order chi connectivity index (χ1) is 16.5. The van der Waals surface area contributed by atoms with Gasteiger partial charge in [-0.1, -0.05) is 85.5 Å². The van der Waals surface area contributed by atoms with Crippen molar-refractivity contribution >= 4 is 11.8 Å². The fraction of sp³-hybridized carbons (Fsp3) is 0.933. The largest absolute Gasteiger partial charge is 0.356 e. The summed E-state index contributed by atoms with van der Waals surface area (Å²) in [5.41, 5.74) is -0.195. The zero-order valence-electron chi connectivity index (χ0n) is 22.9. The van der Waals surface area contributed by atoms with Crippen LogP contribution in [0.1, 0.15) is 130 Å². The molecule has 1 heterocycles. The van der Waals surface area contributed by atoms with Gasteiger partial charge in [-0.3, -0.25) is 9.59 Å². The molecule has 0 aromatic heterocycles. The van der Waals surface area contributed by atoms with Crippen LogP contribution >= 0.6 is 0 Å². The Morgan fingerprint density at radius 2 is 1.76 bits per heavy atom. The van der Waals surface area contributed by atoms with Gasteiger partial charge in [-0.15, -0.1) is 0 Å². The first-order valence-electron chi connectivity index (χ1n) is 15.1. The Hall–Kier alpha value is -1.06. The van der Waals surface area contributed by atoms with Crippen molar-refractivity contribution in [1.29, 1.82) is 0 Å². The van der Waals surface area contributed by atoms with Crippen LogP contribution in [0.2, 0.25) is 0 Å². The van der Waals surface area contributed by atoms with Crippen LogP contribution in [-0.2, 0) is 9.59 Å². The van der Waals surface area contributed by atoms with Crippen LogP contribution in [-0.4, -0.2) is 24.9 Å². The van der Waals surface area contributed by atoms with E-state index in [0.29, 0.717) is 23.7 Å². The lowest BCUT2D eigenvalue weighted by molar-refractivity contribution is -0.150. The van der Waals surface area contributed by atoms with Gasteiger partial charge in [0.15, 0.2) is 0 Å². The summed E-state index contributed by atoms with van der Waals surface area (Å²) in [6.07, 6.45) is 18.4. The van der Waals surface area contributed by atoms with E-state index in [-0.39, 0.29) is 22.7 Å². The zero-order chi connectivity index (χ0) is 24.6. The predicted molar refractivity (Wildman–Crippen MR) is 141 cm³/mol. The summed E-state index contributed by atoms with van der Waals surface area (Å²) in [6.45, 7) is 10.7. The van der Waals surface area contributed by atoms with Crippen molar-refractivity contribution in [1.82, 2.24) is 10.6 Å². The Balaban J connectivity index is 1.84. The molecule has 3 fully saturated rings. The summed E-state index contributed by atoms with van der Waals surface area (Å²) in [4.78, 5) is 27.4. The Bertz CT molecular complexity index is 664. The number of rotatable bonds is 12. The van der Waals surface area contributed by atoms with Gasteiger partial charge in [0.05, 0.1) is 5.41 Å². The molecule has 3 aliphatic rings. The lowest BCUT2D eigenvalue weighted by Gasteiger charge is -2.54. The van der Waals surface area contributed by atoms with Crippen molar-refractivity contribution in [2.45, 2.75) is 130 Å². The van der Waals surface area contributed by atoms with Gasteiger partial charge in [-0.05, 0) is 62.7 Å². The first-order valence-corrected chi connectivity index (χ1v) is 15.1. The highest BCUT2D eigenvalue weighted by Gasteiger charge is 2.64. The van der Waals surface area contributed by atoms with Gasteiger partial charge in [0.2, 0.25) is 11.8 Å². The molecule has 6 atom stereocenters. The second kappa shape index (κ2) is 12.8. The highest BCUT2D eigenvalue weighted by molar-refractivity contribution is 5.87. The van der Waals surface area contributed by atoms with Crippen molar-refractivity contribution in [3.63, 3.8) is 0 Å². The molecule has 3 rings (SSSR count). The molecule has 0 bridgehead atoms. The molecule has 0 aromatic rings. The van der Waals surface area contributed by atoms with E-state index in [4.69, 9.17) is 0 Å². The molecule has 1 saturated heterocycles. The van der Waals surface area contributed by atoms with Crippen molar-refractivity contribution in [2.24, 2.45) is 34.5 Å². The normalized spacial score (nSPS) is 34.7. The SMILES string of the molecule is CCCCC(CC)CNC(=O)C1CCCCC1C1CCCCC12C(=O)NCC2(CC)CCCC. The number of hydrogen-bond donors (Lipinski definition) is 2. The third kappa shape index (κ3) is 5.36. The van der Waals surface area contributed by atoms with Crippen molar-refractivity contribution < 1.29 is 9.59 Å². The number of carbonyl (C=O) groups excluding carboxylic acids is 2. The lowest BCUT2D eigenvalue weighted by atomic mass is 9.47. The molecule has 1 spiro atoms. The topological polar surface area (TPSA) is 58.2 Å². The Kier molecular flexibility index (Phi) is 10.3. The Morgan fingerprint density at radius 3 is 2.47 bits per heavy atom. The van der Waals surface area contributed by atoms with Crippen LogP contribution in [0.5, 0.6) is 0 Å². The van der Waals surface area contributed by atoms with E-state index < -0.39 is 0 Å². The van der Waals surface area contributed by atoms with Crippen LogP contribution < -0.4 is 10.6 Å². The summed E-state index contributed by atoms with van der Waals surface area (Å²) in [5.74, 6) is 2.01. The molecule has 196 valence electrons. The average Bonchev–Trinajstić information content (AvgIpc) is 3.14. The number of hydrogen-bond acceptors (Lipinski definition) is 2. The quantitative estimate of drug-likeness (QED) is 0.319. The highest BCUT2D eigenvalue weighted by atomic mass is 16.2. The van der Waals surface area contributed by atoms with Crippen LogP contribution in [0.3, 0.4) is 0 Å². The van der Waals surface area contributed by atoms with E-state index in [2.05, 4.69) is 38.3 Å². The third-order valence-corrected chi connectivity index (χ3v) is 10.4. The molecular formula is C30H54N2O2. The zero-order valence-corrected chi connectivity index (χ0v) is 22.9. The standard InChI is InChI=1S/C30H54N2O2/c1-5-9-15-23(7-3)21-31-27(33)25-17-12-11-16-24(25)26-18-13-14-20-30(26)28(34)32-22-29(30,8-4)19-10-6-2/h23-26H,5-22H2,1-4H3,(H,31,33)(H,32,34). The molecule has 6 unspecified atom stereocenters. The number of unbranched alkanes of at least 4 members (excludes halogenated alkanes) is 2. The summed E-state index contributed by atoms with van der Waals surface area (Å²) < 4.78 is 0. The highest BCUT2D eigenvalue weighted by Crippen LogP contribution is 2.63. The van der Waals surface area contributed by atoms with Gasteiger partial charge >= 0.3 is 0 Å². The van der Waals surface area contributed by atoms with Crippen LogP contribution in [0.15, 0.2) is 0 Å². The van der Waals surface area contributed by atoms with Gasteiger partial charge in [-0.2, -0.15) is 0 Å². The Labute approximate surface area is 210 Å². The predicted octanol–water partition coefficient (Wildman–Crippen LogP) is 7.02. The van der Waals surface area contributed by atoms with Gasteiger partial charge in [0.25, 0.3) is 0 Å². The van der Waals surface area contributed by atoms with E-state index in [1.807, 2.05) is 0 Å². The fourth-order valence-corrected chi connectivity index (χ4v) is 8.26. The van der Waals surface area contributed by atoms with Gasteiger partial charge in [-0.25, -0.2) is 0 Å². The van der Waals surface area contributed by atoms with E-state index in [1.54, 1.807) is 0 Å². The van der Waals surface area contributed by atoms with E-state index >= 15 is 0 Å². The molecule has 4 heteroatoms. The maximum Gasteiger partial charge on any atom is 0.227 e. The average molecular weight is 475 g/mol. The monoisotopic (exact) mass is 474 g/mol. The van der Waals surface area contributed by atoms with Gasteiger partial charge in [0.1, 0.15) is 0 Å². The van der Waals surface area contributed by atoms with Crippen LogP contribution in [0.4, 0.5) is 0 Å². The lowest BCUT2D eigenvalue weighted by Crippen LogP contribution is -2.55. The summed E-state index contributed by atoms with van der Waals surface area (Å²) in [7, 11) is 0. The number of amides is 2. The minimum Gasteiger partial charge on any atom is -0.356 e. The number of nitrogens with one attached hydrogen (secondary N) is 2. The van der Waals surface area contributed by atoms with Crippen molar-refractivity contribution in [3.05, 3.63) is 0 Å². The van der Waals surface area contributed by atoms with E-state index in [9.17, 15) is 9.59 Å². The molecule has 0 aromatic carbocycles. The molecule has 4 nitrogen and oxygen atoms in total. The molecule has 2 aliphatic carbocycles. The van der Waals surface area contributed by atoms with Crippen molar-refractivity contribution in [3.8, 4) is 0 Å². The molecule has 2 N–H and O–H groups in total. The van der Waals surface area contributed by atoms with Crippen LogP contribution in [0.25, 0.3) is 0 Å². The summed E-state index contributed by atoms with van der Waals surface area (Å²) in [5, 5.41) is 6.77. The maximum absolute atomic E-state index is 13.8. The molecular weight excluding hydrogens is 420 g/mol. The minimum atomic E-state index is -0.261. The number of carbonyl (C=O) groups is 2. The smallest absolute Gasteiger partial charge is 0.227 e. The third-order valence-electron chi connectivity index (χ3n) is 10.4. The molecule has 1 aliphatic heterocycles. The molecule has 2 amide bonds. The van der Waals surface area contributed by atoms with E-state index in [0.717, 1.165) is 70.9 Å². The van der Waals surface area contributed by atoms with Crippen LogP contribution in [0, 0.1) is 34.5 Å². The van der Waals surface area contributed by atoms with Gasteiger partial charge in [0, 0.05) is 24.4 Å². The summed E-state index contributed by atoms with van der Waals surface area (Å²) >= 11 is 0. The first kappa shape index (κ1) is 27.5.